The summed E-state index contributed by atoms with van der Waals surface area (Å²) in [5.74, 6) is -0.255. The highest BCUT2D eigenvalue weighted by atomic mass is 16.5. The van der Waals surface area contributed by atoms with Crippen LogP contribution in [0.2, 0.25) is 0 Å². The number of carbonyl (C=O) groups is 1. The predicted molar refractivity (Wildman–Crippen MR) is 132 cm³/mol. The predicted octanol–water partition coefficient (Wildman–Crippen LogP) is 5.94. The van der Waals surface area contributed by atoms with E-state index >= 15 is 0 Å². The van der Waals surface area contributed by atoms with E-state index < -0.39 is 17.7 Å². The van der Waals surface area contributed by atoms with Crippen molar-refractivity contribution in [2.45, 2.75) is 73.0 Å². The number of hydrogen-bond donors (Lipinski definition) is 1. The Labute approximate surface area is 197 Å². The average molecular weight is 455 g/mol. The Kier molecular flexibility index (Phi) is 7.08. The second kappa shape index (κ2) is 9.34. The van der Waals surface area contributed by atoms with Gasteiger partial charge in [0.25, 0.3) is 0 Å². The summed E-state index contributed by atoms with van der Waals surface area (Å²) in [6.07, 6.45) is 0.942. The third-order valence-corrected chi connectivity index (χ3v) is 6.33. The summed E-state index contributed by atoms with van der Waals surface area (Å²) in [6, 6.07) is 7.88. The fraction of sp³-hybridized carbons (Fsp3) is 0.556. The fourth-order valence-electron chi connectivity index (χ4n) is 4.53. The van der Waals surface area contributed by atoms with Gasteiger partial charge in [0, 0.05) is 35.6 Å². The van der Waals surface area contributed by atoms with Crippen LogP contribution in [0.1, 0.15) is 70.5 Å². The van der Waals surface area contributed by atoms with Gasteiger partial charge in [-0.3, -0.25) is 4.98 Å². The van der Waals surface area contributed by atoms with Crippen LogP contribution in [0.4, 0.5) is 5.69 Å². The Morgan fingerprint density at radius 1 is 1.15 bits per heavy atom. The molecule has 6 nitrogen and oxygen atoms in total. The molecule has 0 saturated carbocycles. The van der Waals surface area contributed by atoms with Crippen molar-refractivity contribution < 1.29 is 19.4 Å². The summed E-state index contributed by atoms with van der Waals surface area (Å²) in [4.78, 5) is 19.7. The van der Waals surface area contributed by atoms with Gasteiger partial charge in [0.1, 0.15) is 5.75 Å². The number of carboxylic acids is 1. The van der Waals surface area contributed by atoms with Crippen LogP contribution in [0.5, 0.6) is 5.75 Å². The maximum atomic E-state index is 12.5. The van der Waals surface area contributed by atoms with Crippen LogP contribution in [0, 0.1) is 19.3 Å². The third-order valence-electron chi connectivity index (χ3n) is 6.33. The van der Waals surface area contributed by atoms with Crippen molar-refractivity contribution in [2.75, 3.05) is 25.1 Å². The number of aryl methyl sites for hydroxylation is 2. The van der Waals surface area contributed by atoms with Gasteiger partial charge in [-0.05, 0) is 70.6 Å². The quantitative estimate of drug-likeness (QED) is 0.582. The molecular formula is C27H38N2O4. The summed E-state index contributed by atoms with van der Waals surface area (Å²) in [5, 5.41) is 10.2. The minimum absolute atomic E-state index is 0.262. The number of aromatic nitrogens is 1. The molecule has 0 bridgehead atoms. The Balaban J connectivity index is 2.31. The lowest BCUT2D eigenvalue weighted by Gasteiger charge is -2.41. The summed E-state index contributed by atoms with van der Waals surface area (Å²) in [6.45, 7) is 15.8. The highest BCUT2D eigenvalue weighted by molar-refractivity contribution is 5.88. The van der Waals surface area contributed by atoms with Crippen molar-refractivity contribution in [3.63, 3.8) is 0 Å². The minimum atomic E-state index is -1.12. The lowest BCUT2D eigenvalue weighted by atomic mass is 9.82. The first-order chi connectivity index (χ1) is 15.3. The monoisotopic (exact) mass is 454 g/mol. The van der Waals surface area contributed by atoms with Gasteiger partial charge in [0.05, 0.1) is 18.4 Å². The molecular weight excluding hydrogens is 416 g/mol. The minimum Gasteiger partial charge on any atom is -0.497 e. The Morgan fingerprint density at radius 2 is 1.79 bits per heavy atom. The highest BCUT2D eigenvalue weighted by Crippen LogP contribution is 2.45. The SMILES string of the molecule is COc1cccc(-c2c(C)nc(C)c([C@H](OC(C)(C)C)C(=O)O)c2N2CCC(C)(C)CC2)c1. The summed E-state index contributed by atoms with van der Waals surface area (Å²) >= 11 is 0. The van der Waals surface area contributed by atoms with Crippen LogP contribution in [0.25, 0.3) is 11.1 Å². The first-order valence-electron chi connectivity index (χ1n) is 11.6. The first kappa shape index (κ1) is 25.0. The zero-order valence-electron chi connectivity index (χ0n) is 21.3. The topological polar surface area (TPSA) is 71.9 Å². The van der Waals surface area contributed by atoms with Crippen molar-refractivity contribution in [3.05, 3.63) is 41.2 Å². The largest absolute Gasteiger partial charge is 0.497 e. The summed E-state index contributed by atoms with van der Waals surface area (Å²) in [5.41, 5.74) is 4.65. The van der Waals surface area contributed by atoms with Gasteiger partial charge in [0.15, 0.2) is 6.10 Å². The smallest absolute Gasteiger partial charge is 0.337 e. The van der Waals surface area contributed by atoms with Crippen LogP contribution < -0.4 is 9.64 Å². The molecule has 0 radical (unpaired) electrons. The molecule has 1 atom stereocenters. The number of nitrogens with zero attached hydrogens (tertiary/aromatic N) is 2. The van der Waals surface area contributed by atoms with E-state index in [1.807, 2.05) is 58.9 Å². The zero-order valence-corrected chi connectivity index (χ0v) is 21.3. The van der Waals surface area contributed by atoms with E-state index in [0.717, 1.165) is 54.2 Å². The molecule has 1 fully saturated rings. The van der Waals surface area contributed by atoms with Crippen molar-refractivity contribution >= 4 is 11.7 Å². The lowest BCUT2D eigenvalue weighted by Crippen LogP contribution is -2.39. The van der Waals surface area contributed by atoms with E-state index in [0.29, 0.717) is 11.3 Å². The van der Waals surface area contributed by atoms with Crippen LogP contribution in [-0.4, -0.2) is 41.9 Å². The van der Waals surface area contributed by atoms with Crippen molar-refractivity contribution in [1.29, 1.82) is 0 Å². The molecule has 1 N–H and O–H groups in total. The van der Waals surface area contributed by atoms with Gasteiger partial charge >= 0.3 is 5.97 Å². The van der Waals surface area contributed by atoms with Gasteiger partial charge < -0.3 is 19.5 Å². The van der Waals surface area contributed by atoms with Gasteiger partial charge in [-0.15, -0.1) is 0 Å². The number of hydrogen-bond acceptors (Lipinski definition) is 5. The number of carboxylic acid groups (broad SMARTS) is 1. The van der Waals surface area contributed by atoms with Gasteiger partial charge in [-0.2, -0.15) is 0 Å². The third kappa shape index (κ3) is 5.67. The van der Waals surface area contributed by atoms with Crippen molar-refractivity contribution in [1.82, 2.24) is 4.98 Å². The molecule has 2 heterocycles. The van der Waals surface area contributed by atoms with Crippen LogP contribution in [0.15, 0.2) is 24.3 Å². The molecule has 1 aliphatic heterocycles. The first-order valence-corrected chi connectivity index (χ1v) is 11.6. The molecule has 1 aromatic heterocycles. The number of methoxy groups -OCH3 is 1. The highest BCUT2D eigenvalue weighted by Gasteiger charge is 2.36. The number of ether oxygens (including phenoxy) is 2. The van der Waals surface area contributed by atoms with Crippen LogP contribution in [-0.2, 0) is 9.53 Å². The van der Waals surface area contributed by atoms with Crippen LogP contribution in [0.3, 0.4) is 0 Å². The van der Waals surface area contributed by atoms with Crippen molar-refractivity contribution in [2.24, 2.45) is 5.41 Å². The molecule has 1 saturated heterocycles. The molecule has 3 rings (SSSR count). The van der Waals surface area contributed by atoms with Crippen LogP contribution >= 0.6 is 0 Å². The molecule has 0 amide bonds. The second-order valence-electron chi connectivity index (χ2n) is 10.8. The molecule has 6 heteroatoms. The lowest BCUT2D eigenvalue weighted by molar-refractivity contribution is -0.160. The molecule has 180 valence electrons. The zero-order chi connectivity index (χ0) is 24.6. The molecule has 2 aromatic rings. The number of aliphatic carboxylic acids is 1. The van der Waals surface area contributed by atoms with E-state index in [9.17, 15) is 9.90 Å². The average Bonchev–Trinajstić information content (AvgIpc) is 2.71. The fourth-order valence-corrected chi connectivity index (χ4v) is 4.53. The number of rotatable bonds is 6. The van der Waals surface area contributed by atoms with E-state index in [2.05, 4.69) is 18.7 Å². The second-order valence-corrected chi connectivity index (χ2v) is 10.8. The van der Waals surface area contributed by atoms with Gasteiger partial charge in [-0.25, -0.2) is 4.79 Å². The van der Waals surface area contributed by atoms with E-state index in [1.165, 1.54) is 0 Å². The normalized spacial score (nSPS) is 17.0. The van der Waals surface area contributed by atoms with Gasteiger partial charge in [-0.1, -0.05) is 26.0 Å². The molecule has 0 spiro atoms. The van der Waals surface area contributed by atoms with E-state index in [-0.39, 0.29) is 5.41 Å². The summed E-state index contributed by atoms with van der Waals surface area (Å²) in [7, 11) is 1.65. The van der Waals surface area contributed by atoms with Gasteiger partial charge in [0.2, 0.25) is 0 Å². The molecule has 1 aliphatic rings. The molecule has 1 aromatic carbocycles. The Hall–Kier alpha value is -2.60. The van der Waals surface area contributed by atoms with E-state index in [4.69, 9.17) is 14.5 Å². The standard InChI is InChI=1S/C27H38N2O4/c1-17-21(19-10-9-11-20(16-19)32-8)23(29-14-12-27(6,7)13-15-29)22(18(2)28-17)24(25(30)31)33-26(3,4)5/h9-11,16,24H,12-15H2,1-8H3,(H,30,31)/t24-/m0/s1. The number of benzene rings is 1. The maximum Gasteiger partial charge on any atom is 0.337 e. The Morgan fingerprint density at radius 3 is 2.33 bits per heavy atom. The molecule has 0 unspecified atom stereocenters. The summed E-state index contributed by atoms with van der Waals surface area (Å²) < 4.78 is 11.6. The Bertz CT molecular complexity index is 1010. The number of anilines is 1. The molecule has 0 aliphatic carbocycles. The van der Waals surface area contributed by atoms with E-state index in [1.54, 1.807) is 7.11 Å². The number of piperidine rings is 1. The number of pyridine rings is 1. The maximum absolute atomic E-state index is 12.5. The molecule has 33 heavy (non-hydrogen) atoms. The van der Waals surface area contributed by atoms with Crippen molar-refractivity contribution in [3.8, 4) is 16.9 Å².